The lowest BCUT2D eigenvalue weighted by Crippen LogP contribution is -2.45. The highest BCUT2D eigenvalue weighted by atomic mass is 35.5. The zero-order valence-electron chi connectivity index (χ0n) is 21.5. The van der Waals surface area contributed by atoms with Crippen LogP contribution in [0.25, 0.3) is 0 Å². The molecule has 1 saturated heterocycles. The quantitative estimate of drug-likeness (QED) is 0.148. The van der Waals surface area contributed by atoms with E-state index in [2.05, 4.69) is 10.1 Å². The van der Waals surface area contributed by atoms with Crippen molar-refractivity contribution in [2.24, 2.45) is 0 Å². The van der Waals surface area contributed by atoms with Crippen molar-refractivity contribution in [3.63, 3.8) is 0 Å². The molecule has 3 rings (SSSR count). The van der Waals surface area contributed by atoms with E-state index in [4.69, 9.17) is 34.9 Å². The minimum atomic E-state index is -4.31. The largest absolute Gasteiger partial charge is 0.497 e. The molecular weight excluding hydrogens is 543 g/mol. The molecule has 6 atom stereocenters. The molecule has 0 aliphatic carbocycles. The maximum Gasteiger partial charge on any atom is 0.459 e. The van der Waals surface area contributed by atoms with Gasteiger partial charge in [-0.2, -0.15) is 5.09 Å². The second-order valence-corrected chi connectivity index (χ2v) is 11.5. The summed E-state index contributed by atoms with van der Waals surface area (Å²) in [5, 5.41) is 13.4. The highest BCUT2D eigenvalue weighted by Crippen LogP contribution is 2.47. The van der Waals surface area contributed by atoms with E-state index in [1.54, 1.807) is 26.0 Å². The lowest BCUT2D eigenvalue weighted by atomic mass is 9.79. The van der Waals surface area contributed by atoms with Crippen molar-refractivity contribution in [3.8, 4) is 11.5 Å². The van der Waals surface area contributed by atoms with Crippen LogP contribution in [-0.4, -0.2) is 71.3 Å². The van der Waals surface area contributed by atoms with Gasteiger partial charge in [0.15, 0.2) is 6.23 Å². The van der Waals surface area contributed by atoms with Crippen molar-refractivity contribution in [1.82, 2.24) is 14.6 Å². The molecule has 0 unspecified atom stereocenters. The maximum absolute atomic E-state index is 13.8. The van der Waals surface area contributed by atoms with Gasteiger partial charge in [-0.1, -0.05) is 6.07 Å². The fourth-order valence-corrected chi connectivity index (χ4v) is 5.44. The average molecular weight is 574 g/mol. The van der Waals surface area contributed by atoms with Gasteiger partial charge in [-0.25, -0.2) is 9.36 Å². The molecule has 1 fully saturated rings. The first-order valence-electron chi connectivity index (χ1n) is 11.7. The zero-order chi connectivity index (χ0) is 28.3. The first-order chi connectivity index (χ1) is 17.8. The molecule has 1 aliphatic heterocycles. The molecule has 208 valence electrons. The van der Waals surface area contributed by atoms with Crippen LogP contribution < -0.4 is 25.6 Å². The Kier molecular flexibility index (Phi) is 9.50. The van der Waals surface area contributed by atoms with Crippen molar-refractivity contribution < 1.29 is 37.7 Å². The van der Waals surface area contributed by atoms with E-state index in [0.717, 1.165) is 10.6 Å². The van der Waals surface area contributed by atoms with E-state index in [9.17, 15) is 24.1 Å². The number of rotatable bonds is 11. The number of aromatic nitrogens is 2. The molecule has 1 aromatic carbocycles. The van der Waals surface area contributed by atoms with Crippen LogP contribution in [0.3, 0.4) is 0 Å². The van der Waals surface area contributed by atoms with Crippen LogP contribution in [0.4, 0.5) is 0 Å². The monoisotopic (exact) mass is 573 g/mol. The Labute approximate surface area is 224 Å². The molecule has 0 radical (unpaired) electrons. The van der Waals surface area contributed by atoms with Gasteiger partial charge in [-0.15, -0.1) is 11.6 Å². The van der Waals surface area contributed by atoms with Crippen molar-refractivity contribution in [2.75, 3.05) is 13.7 Å². The van der Waals surface area contributed by atoms with Gasteiger partial charge in [0, 0.05) is 18.3 Å². The van der Waals surface area contributed by atoms with Crippen molar-refractivity contribution >= 4 is 33.2 Å². The van der Waals surface area contributed by atoms with Crippen LogP contribution in [0.2, 0.25) is 0 Å². The van der Waals surface area contributed by atoms with Gasteiger partial charge in [0.2, 0.25) is 0 Å². The molecule has 13 nitrogen and oxygen atoms in total. The lowest BCUT2D eigenvalue weighted by molar-refractivity contribution is -0.149. The van der Waals surface area contributed by atoms with E-state index >= 15 is 0 Å². The van der Waals surface area contributed by atoms with Gasteiger partial charge in [-0.05, 0) is 32.9 Å². The number of nitrogens with zero attached hydrogens (tertiary/aromatic N) is 1. The van der Waals surface area contributed by atoms with Crippen LogP contribution in [0.5, 0.6) is 11.5 Å². The molecule has 3 N–H and O–H groups in total. The maximum atomic E-state index is 13.8. The molecule has 0 spiro atoms. The Balaban J connectivity index is 1.83. The summed E-state index contributed by atoms with van der Waals surface area (Å²) in [6.45, 7) is 4.24. The van der Waals surface area contributed by atoms with Gasteiger partial charge in [0.05, 0.1) is 30.7 Å². The first-order valence-corrected chi connectivity index (χ1v) is 13.6. The number of esters is 1. The van der Waals surface area contributed by atoms with Gasteiger partial charge >= 0.3 is 19.4 Å². The third-order valence-electron chi connectivity index (χ3n) is 5.55. The SMILES string of the molecule is B[C@]1(Cl)[C@H](O)[C@@H](CO[P@](=O)(N[C@@H](C)C(=O)OC(C)C)Oc2cccc(OC)c2)O[C@H]1n1ccc(=O)[nH]c1=O. The van der Waals surface area contributed by atoms with Crippen molar-refractivity contribution in [3.05, 3.63) is 57.4 Å². The second kappa shape index (κ2) is 12.1. The summed E-state index contributed by atoms with van der Waals surface area (Å²) in [5.41, 5.74) is -1.41. The first kappa shape index (κ1) is 29.9. The van der Waals surface area contributed by atoms with Gasteiger partial charge < -0.3 is 23.8 Å². The molecule has 1 aliphatic rings. The number of aliphatic hydroxyl groups excluding tert-OH is 1. The van der Waals surface area contributed by atoms with E-state index in [1.165, 1.54) is 40.2 Å². The molecule has 2 heterocycles. The highest BCUT2D eigenvalue weighted by Gasteiger charge is 2.53. The smallest absolute Gasteiger partial charge is 0.459 e. The number of carbonyl (C=O) groups is 1. The Hall–Kier alpha value is -2.61. The number of aliphatic hydroxyl groups is 1. The summed E-state index contributed by atoms with van der Waals surface area (Å²) in [4.78, 5) is 38.2. The van der Waals surface area contributed by atoms with Gasteiger partial charge in [0.25, 0.3) is 5.56 Å². The summed E-state index contributed by atoms with van der Waals surface area (Å²) in [7, 11) is -1.42. The Morgan fingerprint density at radius 1 is 1.32 bits per heavy atom. The number of H-pyrrole nitrogens is 1. The van der Waals surface area contributed by atoms with Gasteiger partial charge in [-0.3, -0.25) is 23.7 Å². The summed E-state index contributed by atoms with van der Waals surface area (Å²) >= 11 is 6.54. The third kappa shape index (κ3) is 7.07. The fraction of sp³-hybridized carbons (Fsp3) is 0.500. The molecular formula is C22H30BClN3O10P. The number of nitrogens with one attached hydrogen (secondary N) is 2. The Bertz CT molecular complexity index is 1300. The van der Waals surface area contributed by atoms with Crippen LogP contribution in [-0.2, 0) is 23.4 Å². The van der Waals surface area contributed by atoms with Crippen molar-refractivity contribution in [2.45, 2.75) is 56.1 Å². The molecule has 0 saturated carbocycles. The van der Waals surface area contributed by atoms with E-state index in [1.807, 2.05) is 0 Å². The molecule has 2 aromatic rings. The minimum Gasteiger partial charge on any atom is -0.497 e. The lowest BCUT2D eigenvalue weighted by Gasteiger charge is -2.26. The molecule has 0 bridgehead atoms. The molecule has 1 aromatic heterocycles. The zero-order valence-corrected chi connectivity index (χ0v) is 23.1. The van der Waals surface area contributed by atoms with E-state index in [0.29, 0.717) is 5.75 Å². The topological polar surface area (TPSA) is 167 Å². The number of hydrogen-bond donors (Lipinski definition) is 3. The number of benzene rings is 1. The third-order valence-corrected chi connectivity index (χ3v) is 7.61. The van der Waals surface area contributed by atoms with Crippen LogP contribution >= 0.6 is 19.3 Å². The highest BCUT2D eigenvalue weighted by molar-refractivity contribution is 7.52. The predicted molar refractivity (Wildman–Crippen MR) is 139 cm³/mol. The number of halogens is 1. The number of carbonyl (C=O) groups excluding carboxylic acids is 1. The summed E-state index contributed by atoms with van der Waals surface area (Å²) in [5.74, 6) is -0.165. The standard InChI is InChI=1S/C22H30BClN3O10P/c1-12(2)35-19(30)13(3)26-38(32,37-15-7-5-6-14(10-15)33-4)34-11-16-18(29)22(23,24)20(36-16)27-9-8-17(28)25-21(27)31/h5-10,12-13,16,18,20,29H,11,23H2,1-4H3,(H,26,32)(H,25,28,31)/t13-,16+,18+,20+,22-,38+/m0/s1. The Morgan fingerprint density at radius 2 is 2.00 bits per heavy atom. The van der Waals surface area contributed by atoms with Crippen LogP contribution in [0, 0.1) is 0 Å². The van der Waals surface area contributed by atoms with Crippen LogP contribution in [0.15, 0.2) is 46.1 Å². The normalized spacial score (nSPS) is 25.5. The summed E-state index contributed by atoms with van der Waals surface area (Å²) < 4.78 is 40.6. The number of hydrogen-bond acceptors (Lipinski definition) is 10. The minimum absolute atomic E-state index is 0.109. The van der Waals surface area contributed by atoms with Gasteiger partial charge in [0.1, 0.15) is 31.5 Å². The summed E-state index contributed by atoms with van der Waals surface area (Å²) in [6, 6.07) is 6.22. The molecule has 16 heteroatoms. The fourth-order valence-electron chi connectivity index (χ4n) is 3.65. The van der Waals surface area contributed by atoms with Crippen molar-refractivity contribution in [1.29, 1.82) is 0 Å². The second-order valence-electron chi connectivity index (χ2n) is 9.04. The van der Waals surface area contributed by atoms with E-state index in [-0.39, 0.29) is 5.75 Å². The van der Waals surface area contributed by atoms with E-state index < -0.39 is 66.9 Å². The number of methoxy groups -OCH3 is 1. The van der Waals surface area contributed by atoms with Crippen LogP contribution in [0.1, 0.15) is 27.0 Å². The number of aromatic amines is 1. The number of alkyl halides is 1. The Morgan fingerprint density at radius 3 is 2.63 bits per heavy atom. The number of ether oxygens (including phenoxy) is 3. The molecule has 0 amide bonds. The summed E-state index contributed by atoms with van der Waals surface area (Å²) in [6.07, 6.45) is -3.01. The predicted octanol–water partition coefficient (Wildman–Crippen LogP) is 0.505. The average Bonchev–Trinajstić information content (AvgIpc) is 3.06. The molecule has 38 heavy (non-hydrogen) atoms.